The first-order valence-electron chi connectivity index (χ1n) is 6.91. The Labute approximate surface area is 114 Å². The minimum atomic E-state index is 0.00713. The van der Waals surface area contributed by atoms with Crippen LogP contribution in [0.1, 0.15) is 25.3 Å². The van der Waals surface area contributed by atoms with E-state index >= 15 is 0 Å². The van der Waals surface area contributed by atoms with Gasteiger partial charge in [-0.25, -0.2) is 0 Å². The molecule has 1 amide bonds. The molecule has 1 aliphatic heterocycles. The highest BCUT2D eigenvalue weighted by Crippen LogP contribution is 2.14. The van der Waals surface area contributed by atoms with Crippen LogP contribution in [0.2, 0.25) is 0 Å². The Morgan fingerprint density at radius 1 is 1.42 bits per heavy atom. The molecule has 4 nitrogen and oxygen atoms in total. The number of nitrogens with zero attached hydrogens (tertiary/aromatic N) is 1. The van der Waals surface area contributed by atoms with E-state index in [0.29, 0.717) is 13.2 Å². The van der Waals surface area contributed by atoms with Crippen LogP contribution < -0.4 is 10.1 Å². The predicted octanol–water partition coefficient (Wildman–Crippen LogP) is 1.80. The number of ether oxygens (including phenoxy) is 1. The Kier molecular flexibility index (Phi) is 4.80. The Hall–Kier alpha value is -1.55. The maximum absolute atomic E-state index is 12.2. The van der Waals surface area contributed by atoms with Gasteiger partial charge in [0.05, 0.1) is 12.6 Å². The molecule has 1 aliphatic rings. The minimum Gasteiger partial charge on any atom is -0.494 e. The molecule has 0 bridgehead atoms. The molecule has 19 heavy (non-hydrogen) atoms. The third-order valence-corrected chi connectivity index (χ3v) is 3.39. The monoisotopic (exact) mass is 262 g/mol. The smallest absolute Gasteiger partial charge is 0.239 e. The molecule has 0 aliphatic carbocycles. The van der Waals surface area contributed by atoms with Crippen LogP contribution >= 0.6 is 0 Å². The summed E-state index contributed by atoms with van der Waals surface area (Å²) in [5, 5.41) is 3.24. The van der Waals surface area contributed by atoms with Gasteiger partial charge in [-0.3, -0.25) is 4.79 Å². The van der Waals surface area contributed by atoms with Gasteiger partial charge in [0.15, 0.2) is 0 Å². The first kappa shape index (κ1) is 13.9. The highest BCUT2D eigenvalue weighted by atomic mass is 16.5. The van der Waals surface area contributed by atoms with Crippen LogP contribution in [0.5, 0.6) is 5.75 Å². The Morgan fingerprint density at radius 3 is 2.74 bits per heavy atom. The summed E-state index contributed by atoms with van der Waals surface area (Å²) in [4.78, 5) is 13.9. The molecule has 4 heteroatoms. The fourth-order valence-corrected chi connectivity index (χ4v) is 2.37. The third kappa shape index (κ3) is 3.70. The van der Waals surface area contributed by atoms with Crippen LogP contribution in [-0.2, 0) is 11.3 Å². The Bertz CT molecular complexity index is 411. The lowest BCUT2D eigenvalue weighted by atomic mass is 10.1. The van der Waals surface area contributed by atoms with Crippen molar-refractivity contribution in [3.05, 3.63) is 29.8 Å². The lowest BCUT2D eigenvalue weighted by Crippen LogP contribution is -2.41. The predicted molar refractivity (Wildman–Crippen MR) is 75.1 cm³/mol. The summed E-state index contributed by atoms with van der Waals surface area (Å²) in [5.74, 6) is 1.06. The van der Waals surface area contributed by atoms with Gasteiger partial charge in [-0.1, -0.05) is 12.1 Å². The number of benzene rings is 1. The van der Waals surface area contributed by atoms with Crippen molar-refractivity contribution in [3.8, 4) is 5.75 Å². The molecule has 1 aromatic rings. The number of carbonyl (C=O) groups excluding carboxylic acids is 1. The molecule has 0 saturated carbocycles. The summed E-state index contributed by atoms with van der Waals surface area (Å²) < 4.78 is 5.40. The summed E-state index contributed by atoms with van der Waals surface area (Å²) in [7, 11) is 1.86. The van der Waals surface area contributed by atoms with Crippen LogP contribution in [0.15, 0.2) is 24.3 Å². The average molecular weight is 262 g/mol. The maximum atomic E-state index is 12.2. The van der Waals surface area contributed by atoms with E-state index in [0.717, 1.165) is 30.7 Å². The fraction of sp³-hybridized carbons (Fsp3) is 0.533. The zero-order valence-electron chi connectivity index (χ0n) is 11.7. The van der Waals surface area contributed by atoms with E-state index < -0.39 is 0 Å². The SMILES string of the molecule is CCOc1ccc(CN(C)C(=O)[C@@H]2CCCN2)cc1. The van der Waals surface area contributed by atoms with E-state index in [1.165, 1.54) is 0 Å². The van der Waals surface area contributed by atoms with Gasteiger partial charge in [-0.2, -0.15) is 0 Å². The second kappa shape index (κ2) is 6.57. The van der Waals surface area contributed by atoms with Crippen molar-refractivity contribution >= 4 is 5.91 Å². The van der Waals surface area contributed by atoms with Crippen molar-refractivity contribution in [2.75, 3.05) is 20.2 Å². The topological polar surface area (TPSA) is 41.6 Å². The molecule has 1 atom stereocenters. The summed E-state index contributed by atoms with van der Waals surface area (Å²) in [6.45, 7) is 4.23. The summed E-state index contributed by atoms with van der Waals surface area (Å²) in [6, 6.07) is 7.93. The van der Waals surface area contributed by atoms with Crippen molar-refractivity contribution in [1.29, 1.82) is 0 Å². The van der Waals surface area contributed by atoms with Crippen molar-refractivity contribution < 1.29 is 9.53 Å². The largest absolute Gasteiger partial charge is 0.494 e. The van der Waals surface area contributed by atoms with Crippen LogP contribution in [0.4, 0.5) is 0 Å². The zero-order valence-corrected chi connectivity index (χ0v) is 11.7. The molecule has 1 heterocycles. The van der Waals surface area contributed by atoms with Gasteiger partial charge in [-0.05, 0) is 44.0 Å². The van der Waals surface area contributed by atoms with Crippen molar-refractivity contribution in [2.45, 2.75) is 32.4 Å². The second-order valence-corrected chi connectivity index (χ2v) is 4.92. The number of rotatable bonds is 5. The van der Waals surface area contributed by atoms with E-state index in [1.54, 1.807) is 4.90 Å². The molecule has 2 rings (SSSR count). The van der Waals surface area contributed by atoms with E-state index in [-0.39, 0.29) is 11.9 Å². The summed E-state index contributed by atoms with van der Waals surface area (Å²) in [6.07, 6.45) is 2.04. The number of amides is 1. The van der Waals surface area contributed by atoms with Gasteiger partial charge in [0.25, 0.3) is 0 Å². The van der Waals surface area contributed by atoms with Gasteiger partial charge in [-0.15, -0.1) is 0 Å². The quantitative estimate of drug-likeness (QED) is 0.879. The van der Waals surface area contributed by atoms with E-state index in [1.807, 2.05) is 38.2 Å². The van der Waals surface area contributed by atoms with Gasteiger partial charge in [0.2, 0.25) is 5.91 Å². The molecule has 1 aromatic carbocycles. The fourth-order valence-electron chi connectivity index (χ4n) is 2.37. The normalized spacial score (nSPS) is 18.3. The van der Waals surface area contributed by atoms with Crippen molar-refractivity contribution in [2.24, 2.45) is 0 Å². The molecule has 1 N–H and O–H groups in total. The summed E-state index contributed by atoms with van der Waals surface area (Å²) >= 11 is 0. The van der Waals surface area contributed by atoms with E-state index in [4.69, 9.17) is 4.74 Å². The van der Waals surface area contributed by atoms with Crippen molar-refractivity contribution in [3.63, 3.8) is 0 Å². The number of likely N-dealkylation sites (N-methyl/N-ethyl adjacent to an activating group) is 1. The Balaban J connectivity index is 1.90. The van der Waals surface area contributed by atoms with Crippen molar-refractivity contribution in [1.82, 2.24) is 10.2 Å². The highest BCUT2D eigenvalue weighted by molar-refractivity contribution is 5.81. The molecule has 0 aromatic heterocycles. The molecule has 0 unspecified atom stereocenters. The van der Waals surface area contributed by atoms with Crippen LogP contribution in [0.3, 0.4) is 0 Å². The number of carbonyl (C=O) groups is 1. The first-order chi connectivity index (χ1) is 9.20. The molecular weight excluding hydrogens is 240 g/mol. The molecule has 0 spiro atoms. The number of nitrogens with one attached hydrogen (secondary N) is 1. The third-order valence-electron chi connectivity index (χ3n) is 3.39. The summed E-state index contributed by atoms with van der Waals surface area (Å²) in [5.41, 5.74) is 1.12. The van der Waals surface area contributed by atoms with Crippen LogP contribution in [0, 0.1) is 0 Å². The molecule has 0 radical (unpaired) electrons. The van der Waals surface area contributed by atoms with Gasteiger partial charge in [0.1, 0.15) is 5.75 Å². The van der Waals surface area contributed by atoms with Crippen LogP contribution in [0.25, 0.3) is 0 Å². The average Bonchev–Trinajstić information content (AvgIpc) is 2.94. The molecule has 1 saturated heterocycles. The lowest BCUT2D eigenvalue weighted by Gasteiger charge is -2.21. The molecule has 1 fully saturated rings. The van der Waals surface area contributed by atoms with E-state index in [2.05, 4.69) is 5.32 Å². The van der Waals surface area contributed by atoms with Crippen LogP contribution in [-0.4, -0.2) is 37.0 Å². The number of hydrogen-bond donors (Lipinski definition) is 1. The van der Waals surface area contributed by atoms with Gasteiger partial charge >= 0.3 is 0 Å². The minimum absolute atomic E-state index is 0.00713. The lowest BCUT2D eigenvalue weighted by molar-refractivity contribution is -0.132. The standard InChI is InChI=1S/C15H22N2O2/c1-3-19-13-8-6-12(7-9-13)11-17(2)15(18)14-5-4-10-16-14/h6-9,14,16H,3-5,10-11H2,1-2H3/t14-/m0/s1. The number of hydrogen-bond acceptors (Lipinski definition) is 3. The highest BCUT2D eigenvalue weighted by Gasteiger charge is 2.24. The Morgan fingerprint density at radius 2 is 2.16 bits per heavy atom. The zero-order chi connectivity index (χ0) is 13.7. The first-order valence-corrected chi connectivity index (χ1v) is 6.91. The second-order valence-electron chi connectivity index (χ2n) is 4.92. The molecular formula is C15H22N2O2. The maximum Gasteiger partial charge on any atom is 0.239 e. The van der Waals surface area contributed by atoms with Gasteiger partial charge < -0.3 is 15.0 Å². The van der Waals surface area contributed by atoms with Gasteiger partial charge in [0, 0.05) is 13.6 Å². The molecule has 104 valence electrons. The van der Waals surface area contributed by atoms with E-state index in [9.17, 15) is 4.79 Å².